The van der Waals surface area contributed by atoms with Crippen LogP contribution < -0.4 is 16.0 Å². The maximum Gasteiger partial charge on any atom is 0.220 e. The summed E-state index contributed by atoms with van der Waals surface area (Å²) >= 11 is 0. The summed E-state index contributed by atoms with van der Waals surface area (Å²) in [6, 6.07) is 14.8. The summed E-state index contributed by atoms with van der Waals surface area (Å²) in [6.45, 7) is 4.33. The molecule has 2 saturated heterocycles. The second kappa shape index (κ2) is 10.5. The molecule has 0 aliphatic carbocycles. The van der Waals surface area contributed by atoms with E-state index in [0.717, 1.165) is 62.8 Å². The Morgan fingerprint density at radius 3 is 2.62 bits per heavy atom. The van der Waals surface area contributed by atoms with Gasteiger partial charge in [0, 0.05) is 57.4 Å². The molecule has 32 heavy (non-hydrogen) atoms. The minimum absolute atomic E-state index is 0.0191. The fourth-order valence-corrected chi connectivity index (χ4v) is 4.87. The Kier molecular flexibility index (Phi) is 7.24. The Bertz CT molecular complexity index is 923. The number of likely N-dealkylation sites (tertiary alicyclic amines) is 1. The molecule has 1 aromatic carbocycles. The van der Waals surface area contributed by atoms with Crippen molar-refractivity contribution in [2.75, 3.05) is 38.1 Å². The summed E-state index contributed by atoms with van der Waals surface area (Å²) in [7, 11) is 1.85. The number of hydrogen-bond acceptors (Lipinski definition) is 4. The highest BCUT2D eigenvalue weighted by Gasteiger charge is 2.27. The highest BCUT2D eigenvalue weighted by atomic mass is 16.1. The molecule has 2 aromatic rings. The van der Waals surface area contributed by atoms with Crippen molar-refractivity contribution in [3.05, 3.63) is 59.8 Å². The van der Waals surface area contributed by atoms with Gasteiger partial charge in [0.15, 0.2) is 5.96 Å². The lowest BCUT2D eigenvalue weighted by atomic mass is 9.96. The van der Waals surface area contributed by atoms with E-state index < -0.39 is 0 Å². The number of benzene rings is 1. The number of carbonyl (C=O) groups excluding carboxylic acids is 1. The lowest BCUT2D eigenvalue weighted by molar-refractivity contribution is -0.122. The minimum atomic E-state index is -0.187. The summed E-state index contributed by atoms with van der Waals surface area (Å²) < 4.78 is 0. The van der Waals surface area contributed by atoms with Gasteiger partial charge >= 0.3 is 0 Å². The number of hydrogen-bond donors (Lipinski definition) is 2. The summed E-state index contributed by atoms with van der Waals surface area (Å²) in [5, 5.41) is 3.55. The standard InChI is InChI=1S/C25H34N6O/c1-27-25(31-13-9-20(18-31)16-19-6-3-2-4-7-19)29-17-22-8-5-12-28-24(22)30-14-10-21(11-15-30)23(26)32/h2-8,12,20-21H,9-11,13-18H2,1H3,(H2,26,32)(H,27,29). The van der Waals surface area contributed by atoms with Crippen molar-refractivity contribution in [2.24, 2.45) is 22.6 Å². The summed E-state index contributed by atoms with van der Waals surface area (Å²) in [5.41, 5.74) is 8.04. The molecule has 0 radical (unpaired) electrons. The van der Waals surface area contributed by atoms with Gasteiger partial charge in [0.2, 0.25) is 5.91 Å². The van der Waals surface area contributed by atoms with Crippen molar-refractivity contribution in [3.63, 3.8) is 0 Å². The Labute approximate surface area is 190 Å². The number of nitrogens with one attached hydrogen (secondary N) is 1. The van der Waals surface area contributed by atoms with E-state index in [9.17, 15) is 4.79 Å². The normalized spacial score (nSPS) is 19.9. The van der Waals surface area contributed by atoms with Gasteiger partial charge in [-0.1, -0.05) is 36.4 Å². The maximum absolute atomic E-state index is 11.5. The number of guanidine groups is 1. The molecule has 1 atom stereocenters. The molecule has 2 aliphatic heterocycles. The van der Waals surface area contributed by atoms with Crippen LogP contribution in [0.5, 0.6) is 0 Å². The summed E-state index contributed by atoms with van der Waals surface area (Å²) in [5.74, 6) is 2.38. The zero-order valence-corrected chi connectivity index (χ0v) is 18.9. The molecule has 7 heteroatoms. The second-order valence-electron chi connectivity index (χ2n) is 8.84. The van der Waals surface area contributed by atoms with E-state index in [1.165, 1.54) is 12.0 Å². The van der Waals surface area contributed by atoms with E-state index >= 15 is 0 Å². The van der Waals surface area contributed by atoms with Gasteiger partial charge in [0.25, 0.3) is 0 Å². The Morgan fingerprint density at radius 2 is 1.91 bits per heavy atom. The van der Waals surface area contributed by atoms with Crippen molar-refractivity contribution >= 4 is 17.7 Å². The van der Waals surface area contributed by atoms with Gasteiger partial charge < -0.3 is 20.9 Å². The zero-order valence-electron chi connectivity index (χ0n) is 18.9. The van der Waals surface area contributed by atoms with Crippen LogP contribution in [-0.2, 0) is 17.8 Å². The van der Waals surface area contributed by atoms with Gasteiger partial charge in [-0.2, -0.15) is 0 Å². The van der Waals surface area contributed by atoms with E-state index in [1.807, 2.05) is 19.3 Å². The zero-order chi connectivity index (χ0) is 22.3. The number of primary amides is 1. The van der Waals surface area contributed by atoms with Crippen LogP contribution in [-0.4, -0.2) is 55.0 Å². The molecular formula is C25H34N6O. The lowest BCUT2D eigenvalue weighted by Gasteiger charge is -2.32. The van der Waals surface area contributed by atoms with Crippen LogP contribution in [0, 0.1) is 11.8 Å². The number of piperidine rings is 1. The monoisotopic (exact) mass is 434 g/mol. The average Bonchev–Trinajstić information content (AvgIpc) is 3.28. The molecule has 1 unspecified atom stereocenters. The SMILES string of the molecule is CN=C(NCc1cccnc1N1CCC(C(N)=O)CC1)N1CCC(Cc2ccccc2)C1. The Hall–Kier alpha value is -3.09. The van der Waals surface area contributed by atoms with Crippen LogP contribution in [0.2, 0.25) is 0 Å². The first kappa shape index (κ1) is 22.1. The number of pyridine rings is 1. The fourth-order valence-electron chi connectivity index (χ4n) is 4.87. The second-order valence-corrected chi connectivity index (χ2v) is 8.84. The van der Waals surface area contributed by atoms with Crippen LogP contribution in [0.25, 0.3) is 0 Å². The third kappa shape index (κ3) is 5.39. The number of rotatable bonds is 6. The highest BCUT2D eigenvalue weighted by molar-refractivity contribution is 5.80. The highest BCUT2D eigenvalue weighted by Crippen LogP contribution is 2.25. The maximum atomic E-state index is 11.5. The van der Waals surface area contributed by atoms with E-state index in [1.54, 1.807) is 0 Å². The van der Waals surface area contributed by atoms with Crippen molar-refractivity contribution in [1.29, 1.82) is 0 Å². The molecular weight excluding hydrogens is 400 g/mol. The third-order valence-electron chi connectivity index (χ3n) is 6.67. The average molecular weight is 435 g/mol. The van der Waals surface area contributed by atoms with Gasteiger partial charge in [-0.3, -0.25) is 9.79 Å². The predicted octanol–water partition coefficient (Wildman–Crippen LogP) is 2.42. The quantitative estimate of drug-likeness (QED) is 0.539. The fraction of sp³-hybridized carbons (Fsp3) is 0.480. The molecule has 1 aromatic heterocycles. The first-order chi connectivity index (χ1) is 15.6. The molecule has 3 heterocycles. The van der Waals surface area contributed by atoms with Crippen molar-refractivity contribution < 1.29 is 4.79 Å². The largest absolute Gasteiger partial charge is 0.369 e. The van der Waals surface area contributed by atoms with Gasteiger partial charge in [-0.15, -0.1) is 0 Å². The van der Waals surface area contributed by atoms with E-state index in [4.69, 9.17) is 5.73 Å². The summed E-state index contributed by atoms with van der Waals surface area (Å²) in [4.78, 5) is 25.3. The van der Waals surface area contributed by atoms with Crippen LogP contribution in [0.4, 0.5) is 5.82 Å². The molecule has 3 N–H and O–H groups in total. The minimum Gasteiger partial charge on any atom is -0.369 e. The number of carbonyl (C=O) groups is 1. The molecule has 0 bridgehead atoms. The molecule has 4 rings (SSSR count). The molecule has 1 amide bonds. The molecule has 0 spiro atoms. The lowest BCUT2D eigenvalue weighted by Crippen LogP contribution is -2.41. The van der Waals surface area contributed by atoms with Crippen molar-refractivity contribution in [1.82, 2.24) is 15.2 Å². The van der Waals surface area contributed by atoms with Gasteiger partial charge in [0.05, 0.1) is 0 Å². The first-order valence-corrected chi connectivity index (χ1v) is 11.6. The number of aromatic nitrogens is 1. The molecule has 2 aliphatic rings. The third-order valence-corrected chi connectivity index (χ3v) is 6.67. The number of anilines is 1. The summed E-state index contributed by atoms with van der Waals surface area (Å²) in [6.07, 6.45) is 5.71. The van der Waals surface area contributed by atoms with Crippen LogP contribution in [0.1, 0.15) is 30.4 Å². The topological polar surface area (TPSA) is 86.9 Å². The smallest absolute Gasteiger partial charge is 0.220 e. The molecule has 2 fully saturated rings. The van der Waals surface area contributed by atoms with Gasteiger partial charge in [-0.25, -0.2) is 4.98 Å². The molecule has 7 nitrogen and oxygen atoms in total. The molecule has 0 saturated carbocycles. The first-order valence-electron chi connectivity index (χ1n) is 11.6. The Morgan fingerprint density at radius 1 is 1.12 bits per heavy atom. The molecule has 170 valence electrons. The number of aliphatic imine (C=N–C) groups is 1. The number of amides is 1. The van der Waals surface area contributed by atoms with E-state index in [2.05, 4.69) is 61.5 Å². The number of nitrogens with two attached hydrogens (primary N) is 1. The van der Waals surface area contributed by atoms with Crippen molar-refractivity contribution in [2.45, 2.75) is 32.2 Å². The number of nitrogens with zero attached hydrogens (tertiary/aromatic N) is 4. The van der Waals surface area contributed by atoms with Gasteiger partial charge in [0.1, 0.15) is 5.82 Å². The van der Waals surface area contributed by atoms with Crippen LogP contribution in [0.15, 0.2) is 53.7 Å². The van der Waals surface area contributed by atoms with Gasteiger partial charge in [-0.05, 0) is 43.2 Å². The van der Waals surface area contributed by atoms with E-state index in [-0.39, 0.29) is 11.8 Å². The van der Waals surface area contributed by atoms with Crippen LogP contribution in [0.3, 0.4) is 0 Å². The van der Waals surface area contributed by atoms with Crippen LogP contribution >= 0.6 is 0 Å². The van der Waals surface area contributed by atoms with E-state index in [0.29, 0.717) is 12.5 Å². The predicted molar refractivity (Wildman–Crippen MR) is 128 cm³/mol. The van der Waals surface area contributed by atoms with Crippen molar-refractivity contribution in [3.8, 4) is 0 Å². The Balaban J connectivity index is 1.33.